The smallest absolute Gasteiger partial charge is 0.267 e. The lowest BCUT2D eigenvalue weighted by atomic mass is 10.2. The van der Waals surface area contributed by atoms with E-state index in [1.54, 1.807) is 31.3 Å². The molecule has 0 radical (unpaired) electrons. The number of nitrogen functional groups attached to an aromatic ring is 1. The van der Waals surface area contributed by atoms with Crippen molar-refractivity contribution >= 4 is 17.3 Å². The number of hydrogen-bond donors (Lipinski definition) is 3. The minimum Gasteiger partial charge on any atom is -0.457 e. The minimum absolute atomic E-state index is 0.150. The largest absolute Gasteiger partial charge is 0.457 e. The predicted octanol–water partition coefficient (Wildman–Crippen LogP) is 1.60. The Bertz CT molecular complexity index is 613. The van der Waals surface area contributed by atoms with Crippen molar-refractivity contribution in [1.29, 1.82) is 0 Å². The first-order valence-electron chi connectivity index (χ1n) is 5.61. The van der Waals surface area contributed by atoms with Crippen molar-refractivity contribution in [3.05, 3.63) is 42.2 Å². The number of pyridine rings is 1. The van der Waals surface area contributed by atoms with Crippen LogP contribution in [0.2, 0.25) is 0 Å². The highest BCUT2D eigenvalue weighted by Gasteiger charge is 2.05. The number of aromatic nitrogens is 1. The Morgan fingerprint density at radius 2 is 2.00 bits per heavy atom. The third-order valence-corrected chi connectivity index (χ3v) is 2.51. The molecule has 0 saturated carbocycles. The first-order chi connectivity index (χ1) is 9.10. The van der Waals surface area contributed by atoms with Crippen LogP contribution in [0.5, 0.6) is 11.5 Å². The summed E-state index contributed by atoms with van der Waals surface area (Å²) in [7, 11) is 1.79. The summed E-state index contributed by atoms with van der Waals surface area (Å²) in [5.41, 5.74) is 12.5. The van der Waals surface area contributed by atoms with Gasteiger partial charge in [0.05, 0.1) is 11.4 Å². The van der Waals surface area contributed by atoms with Crippen molar-refractivity contribution in [1.82, 2.24) is 4.98 Å². The van der Waals surface area contributed by atoms with E-state index in [2.05, 4.69) is 10.3 Å². The van der Waals surface area contributed by atoms with Gasteiger partial charge in [0, 0.05) is 25.4 Å². The highest BCUT2D eigenvalue weighted by molar-refractivity contribution is 5.91. The Hall–Kier alpha value is -2.76. The molecule has 0 fully saturated rings. The van der Waals surface area contributed by atoms with Gasteiger partial charge in [-0.25, -0.2) is 0 Å². The molecular formula is C13H14N4O2. The number of rotatable bonds is 4. The third-order valence-electron chi connectivity index (χ3n) is 2.51. The number of ether oxygens (including phenoxy) is 1. The summed E-state index contributed by atoms with van der Waals surface area (Å²) in [6.45, 7) is 0. The Balaban J connectivity index is 2.23. The van der Waals surface area contributed by atoms with Crippen LogP contribution in [0.3, 0.4) is 0 Å². The molecule has 0 atom stereocenters. The molecule has 6 nitrogen and oxygen atoms in total. The van der Waals surface area contributed by atoms with Crippen LogP contribution in [0.4, 0.5) is 11.4 Å². The Morgan fingerprint density at radius 1 is 1.26 bits per heavy atom. The van der Waals surface area contributed by atoms with Crippen molar-refractivity contribution in [2.24, 2.45) is 5.73 Å². The number of hydrogen-bond acceptors (Lipinski definition) is 5. The number of anilines is 2. The Morgan fingerprint density at radius 3 is 2.63 bits per heavy atom. The van der Waals surface area contributed by atoms with Crippen LogP contribution in [-0.2, 0) is 0 Å². The molecule has 0 aliphatic rings. The molecule has 0 saturated heterocycles. The number of carbonyl (C=O) groups excluding carboxylic acids is 1. The van der Waals surface area contributed by atoms with Gasteiger partial charge in [-0.05, 0) is 18.2 Å². The summed E-state index contributed by atoms with van der Waals surface area (Å²) < 4.78 is 5.59. The highest BCUT2D eigenvalue weighted by atomic mass is 16.5. The van der Waals surface area contributed by atoms with E-state index in [9.17, 15) is 4.79 Å². The van der Waals surface area contributed by atoms with Gasteiger partial charge in [-0.1, -0.05) is 0 Å². The average Bonchev–Trinajstić information content (AvgIpc) is 2.39. The molecule has 2 aromatic rings. The summed E-state index contributed by atoms with van der Waals surface area (Å²) in [6, 6.07) is 8.38. The van der Waals surface area contributed by atoms with Crippen LogP contribution in [0.15, 0.2) is 36.5 Å². The summed E-state index contributed by atoms with van der Waals surface area (Å²) in [6.07, 6.45) is 1.46. The van der Waals surface area contributed by atoms with Gasteiger partial charge in [-0.15, -0.1) is 0 Å². The Labute approximate surface area is 110 Å². The fourth-order valence-corrected chi connectivity index (χ4v) is 1.58. The summed E-state index contributed by atoms with van der Waals surface area (Å²) in [5, 5.41) is 2.96. The number of nitrogens with one attached hydrogen (secondary N) is 1. The number of nitrogens with zero attached hydrogens (tertiary/aromatic N) is 1. The van der Waals surface area contributed by atoms with Gasteiger partial charge >= 0.3 is 0 Å². The highest BCUT2D eigenvalue weighted by Crippen LogP contribution is 2.27. The molecule has 0 bridgehead atoms. The monoisotopic (exact) mass is 258 g/mol. The van der Waals surface area contributed by atoms with E-state index in [-0.39, 0.29) is 5.69 Å². The van der Waals surface area contributed by atoms with Gasteiger partial charge in [-0.3, -0.25) is 9.78 Å². The standard InChI is InChI=1S/C13H14N4O2/c1-16-11-3-2-8(6-10(11)14)19-9-4-5-17-12(7-9)13(15)18/h2-7,16H,14H2,1H3,(H2,15,18). The van der Waals surface area contributed by atoms with Crippen molar-refractivity contribution in [2.45, 2.75) is 0 Å². The molecule has 98 valence electrons. The lowest BCUT2D eigenvalue weighted by Crippen LogP contribution is -2.12. The van der Waals surface area contributed by atoms with E-state index < -0.39 is 5.91 Å². The fourth-order valence-electron chi connectivity index (χ4n) is 1.58. The second kappa shape index (κ2) is 5.26. The van der Waals surface area contributed by atoms with Gasteiger partial charge in [0.2, 0.25) is 0 Å². The van der Waals surface area contributed by atoms with Crippen LogP contribution < -0.4 is 21.5 Å². The molecule has 0 spiro atoms. The van der Waals surface area contributed by atoms with Crippen LogP contribution in [0, 0.1) is 0 Å². The van der Waals surface area contributed by atoms with E-state index in [1.165, 1.54) is 12.3 Å². The molecule has 1 heterocycles. The maximum Gasteiger partial charge on any atom is 0.267 e. The first-order valence-corrected chi connectivity index (χ1v) is 5.61. The molecule has 1 aromatic carbocycles. The minimum atomic E-state index is -0.601. The first kappa shape index (κ1) is 12.7. The maximum atomic E-state index is 11.0. The summed E-state index contributed by atoms with van der Waals surface area (Å²) in [4.78, 5) is 14.9. The van der Waals surface area contributed by atoms with Crippen LogP contribution in [0.25, 0.3) is 0 Å². The predicted molar refractivity (Wildman–Crippen MR) is 73.2 cm³/mol. The summed E-state index contributed by atoms with van der Waals surface area (Å²) in [5.74, 6) is 0.439. The van der Waals surface area contributed by atoms with Gasteiger partial charge < -0.3 is 21.5 Å². The number of primary amides is 1. The molecule has 0 aliphatic carbocycles. The normalized spacial score (nSPS) is 9.95. The van der Waals surface area contributed by atoms with E-state index in [4.69, 9.17) is 16.2 Å². The van der Waals surface area contributed by atoms with Crippen LogP contribution in [-0.4, -0.2) is 17.9 Å². The molecule has 5 N–H and O–H groups in total. The lowest BCUT2D eigenvalue weighted by molar-refractivity contribution is 0.0995. The number of benzene rings is 1. The second-order valence-corrected chi connectivity index (χ2v) is 3.84. The SMILES string of the molecule is CNc1ccc(Oc2ccnc(C(N)=O)c2)cc1N. The average molecular weight is 258 g/mol. The molecule has 0 aliphatic heterocycles. The fraction of sp³-hybridized carbons (Fsp3) is 0.0769. The van der Waals surface area contributed by atoms with Gasteiger partial charge in [0.15, 0.2) is 0 Å². The number of amides is 1. The van der Waals surface area contributed by atoms with Gasteiger partial charge in [-0.2, -0.15) is 0 Å². The van der Waals surface area contributed by atoms with E-state index in [1.807, 2.05) is 0 Å². The number of carbonyl (C=O) groups is 1. The molecule has 1 aromatic heterocycles. The zero-order valence-electron chi connectivity index (χ0n) is 10.4. The van der Waals surface area contributed by atoms with Gasteiger partial charge in [0.25, 0.3) is 5.91 Å². The van der Waals surface area contributed by atoms with Crippen LogP contribution in [0.1, 0.15) is 10.5 Å². The zero-order chi connectivity index (χ0) is 13.8. The van der Waals surface area contributed by atoms with Gasteiger partial charge in [0.1, 0.15) is 17.2 Å². The van der Waals surface area contributed by atoms with E-state index >= 15 is 0 Å². The molecule has 0 unspecified atom stereocenters. The van der Waals surface area contributed by atoms with Crippen molar-refractivity contribution < 1.29 is 9.53 Å². The van der Waals surface area contributed by atoms with Crippen molar-refractivity contribution in [3.63, 3.8) is 0 Å². The molecule has 19 heavy (non-hydrogen) atoms. The van der Waals surface area contributed by atoms with Crippen molar-refractivity contribution in [3.8, 4) is 11.5 Å². The maximum absolute atomic E-state index is 11.0. The topological polar surface area (TPSA) is 103 Å². The molecule has 1 amide bonds. The van der Waals surface area contributed by atoms with E-state index in [0.717, 1.165) is 5.69 Å². The van der Waals surface area contributed by atoms with Crippen molar-refractivity contribution in [2.75, 3.05) is 18.1 Å². The quantitative estimate of drug-likeness (QED) is 0.723. The van der Waals surface area contributed by atoms with Crippen LogP contribution >= 0.6 is 0 Å². The zero-order valence-corrected chi connectivity index (χ0v) is 10.4. The lowest BCUT2D eigenvalue weighted by Gasteiger charge is -2.09. The Kier molecular flexibility index (Phi) is 3.51. The summed E-state index contributed by atoms with van der Waals surface area (Å²) >= 11 is 0. The second-order valence-electron chi connectivity index (χ2n) is 3.84. The molecule has 2 rings (SSSR count). The molecular weight excluding hydrogens is 244 g/mol. The number of nitrogens with two attached hydrogens (primary N) is 2. The van der Waals surface area contributed by atoms with E-state index in [0.29, 0.717) is 17.2 Å². The third kappa shape index (κ3) is 2.92. The molecule has 6 heteroatoms.